The van der Waals surface area contributed by atoms with Crippen molar-refractivity contribution in [2.45, 2.75) is 18.4 Å². The molecule has 1 atom stereocenters. The van der Waals surface area contributed by atoms with Gasteiger partial charge in [-0.2, -0.15) is 5.26 Å². The molecule has 0 aliphatic heterocycles. The van der Waals surface area contributed by atoms with Crippen LogP contribution in [0.2, 0.25) is 0 Å². The van der Waals surface area contributed by atoms with E-state index in [-0.39, 0.29) is 0 Å². The fourth-order valence-electron chi connectivity index (χ4n) is 0.910. The molecule has 15 heavy (non-hydrogen) atoms. The molecular weight excluding hydrogens is 272 g/mol. The summed E-state index contributed by atoms with van der Waals surface area (Å²) in [6.07, 6.45) is -1.41. The molecule has 0 radical (unpaired) electrons. The summed E-state index contributed by atoms with van der Waals surface area (Å²) in [5.41, 5.74) is -2.60. The maximum Gasteiger partial charge on any atom is 0.275 e. The van der Waals surface area contributed by atoms with Gasteiger partial charge < -0.3 is 5.11 Å². The summed E-state index contributed by atoms with van der Waals surface area (Å²) < 4.78 is 25.6. The van der Waals surface area contributed by atoms with Gasteiger partial charge in [0, 0.05) is 12.4 Å². The average molecular weight is 278 g/mol. The SMILES string of the molecule is N#CCC(O)(c1ncc(Br)cn1)C(F)F. The molecule has 1 aromatic heterocycles. The Morgan fingerprint density at radius 1 is 1.53 bits per heavy atom. The molecule has 0 spiro atoms. The highest BCUT2D eigenvalue weighted by Gasteiger charge is 2.42. The Hall–Kier alpha value is -1.13. The maximum absolute atomic E-state index is 12.6. The zero-order valence-electron chi connectivity index (χ0n) is 7.36. The fourth-order valence-corrected chi connectivity index (χ4v) is 1.11. The lowest BCUT2D eigenvalue weighted by atomic mass is 10.0. The third kappa shape index (κ3) is 2.46. The Bertz CT molecular complexity index is 378. The zero-order chi connectivity index (χ0) is 11.5. The van der Waals surface area contributed by atoms with E-state index in [1.807, 2.05) is 0 Å². The number of aliphatic hydroxyl groups is 1. The van der Waals surface area contributed by atoms with Crippen LogP contribution in [0, 0.1) is 11.3 Å². The summed E-state index contributed by atoms with van der Waals surface area (Å²) in [6, 6.07) is 1.48. The first kappa shape index (κ1) is 11.9. The molecule has 1 rings (SSSR count). The second-order valence-corrected chi connectivity index (χ2v) is 3.70. The van der Waals surface area contributed by atoms with Crippen LogP contribution < -0.4 is 0 Å². The van der Waals surface area contributed by atoms with Gasteiger partial charge in [0.25, 0.3) is 6.43 Å². The highest BCUT2D eigenvalue weighted by molar-refractivity contribution is 9.10. The van der Waals surface area contributed by atoms with Crippen molar-refractivity contribution in [3.05, 3.63) is 22.7 Å². The number of nitriles is 1. The van der Waals surface area contributed by atoms with Crippen molar-refractivity contribution in [1.29, 1.82) is 5.26 Å². The molecule has 0 aliphatic carbocycles. The number of alkyl halides is 2. The molecule has 0 saturated carbocycles. The van der Waals surface area contributed by atoms with E-state index in [1.165, 1.54) is 18.5 Å². The predicted octanol–water partition coefficient (Wildman–Crippen LogP) is 1.61. The average Bonchev–Trinajstić information content (AvgIpc) is 2.18. The topological polar surface area (TPSA) is 69.8 Å². The van der Waals surface area contributed by atoms with Crippen molar-refractivity contribution in [2.75, 3.05) is 0 Å². The first-order valence-corrected chi connectivity index (χ1v) is 4.65. The highest BCUT2D eigenvalue weighted by atomic mass is 79.9. The Labute approximate surface area is 92.7 Å². The van der Waals surface area contributed by atoms with E-state index >= 15 is 0 Å². The van der Waals surface area contributed by atoms with Gasteiger partial charge in [0.05, 0.1) is 17.0 Å². The number of aromatic nitrogens is 2. The first-order chi connectivity index (χ1) is 7.00. The summed E-state index contributed by atoms with van der Waals surface area (Å²) in [5.74, 6) is -0.456. The number of rotatable bonds is 3. The Morgan fingerprint density at radius 3 is 2.47 bits per heavy atom. The Morgan fingerprint density at radius 2 is 2.07 bits per heavy atom. The number of halogens is 3. The van der Waals surface area contributed by atoms with Gasteiger partial charge >= 0.3 is 0 Å². The van der Waals surface area contributed by atoms with E-state index in [9.17, 15) is 13.9 Å². The molecule has 4 nitrogen and oxygen atoms in total. The van der Waals surface area contributed by atoms with Crippen molar-refractivity contribution in [3.63, 3.8) is 0 Å². The minimum absolute atomic E-state index is 0.456. The van der Waals surface area contributed by atoms with E-state index in [0.29, 0.717) is 4.47 Å². The van der Waals surface area contributed by atoms with Gasteiger partial charge in [-0.25, -0.2) is 18.7 Å². The van der Waals surface area contributed by atoms with Crippen LogP contribution in [0.5, 0.6) is 0 Å². The van der Waals surface area contributed by atoms with E-state index in [2.05, 4.69) is 25.9 Å². The predicted molar refractivity (Wildman–Crippen MR) is 49.9 cm³/mol. The van der Waals surface area contributed by atoms with Gasteiger partial charge in [-0.15, -0.1) is 0 Å². The first-order valence-electron chi connectivity index (χ1n) is 3.86. The standard InChI is InChI=1S/C8H6BrF2N3O/c9-5-3-13-7(14-4-5)8(15,1-2-12)6(10)11/h3-4,6,15H,1H2. The van der Waals surface area contributed by atoms with Crippen LogP contribution in [0.3, 0.4) is 0 Å². The minimum Gasteiger partial charge on any atom is -0.376 e. The zero-order valence-corrected chi connectivity index (χ0v) is 8.95. The van der Waals surface area contributed by atoms with Gasteiger partial charge in [0.2, 0.25) is 0 Å². The second kappa shape index (κ2) is 4.59. The fraction of sp³-hybridized carbons (Fsp3) is 0.375. The molecule has 1 heterocycles. The molecule has 0 bridgehead atoms. The molecule has 1 N–H and O–H groups in total. The van der Waals surface area contributed by atoms with Crippen molar-refractivity contribution in [3.8, 4) is 6.07 Å². The lowest BCUT2D eigenvalue weighted by Gasteiger charge is -2.22. The molecule has 0 amide bonds. The van der Waals surface area contributed by atoms with Crippen LogP contribution in [0.15, 0.2) is 16.9 Å². The lowest BCUT2D eigenvalue weighted by molar-refractivity contribution is -0.104. The van der Waals surface area contributed by atoms with Gasteiger partial charge in [0.1, 0.15) is 0 Å². The number of nitrogens with zero attached hydrogens (tertiary/aromatic N) is 3. The van der Waals surface area contributed by atoms with Crippen LogP contribution in [0.4, 0.5) is 8.78 Å². The third-order valence-corrected chi connectivity index (χ3v) is 2.13. The largest absolute Gasteiger partial charge is 0.376 e. The summed E-state index contributed by atoms with van der Waals surface area (Å²) in [6.45, 7) is 0. The molecule has 0 saturated heterocycles. The van der Waals surface area contributed by atoms with E-state index < -0.39 is 24.3 Å². The van der Waals surface area contributed by atoms with Crippen LogP contribution in [-0.4, -0.2) is 21.5 Å². The van der Waals surface area contributed by atoms with Gasteiger partial charge in [-0.05, 0) is 15.9 Å². The summed E-state index contributed by atoms with van der Waals surface area (Å²) >= 11 is 3.03. The molecule has 7 heteroatoms. The van der Waals surface area contributed by atoms with Gasteiger partial charge in [-0.3, -0.25) is 0 Å². The molecule has 0 aliphatic rings. The van der Waals surface area contributed by atoms with Gasteiger partial charge in [-0.1, -0.05) is 0 Å². The summed E-state index contributed by atoms with van der Waals surface area (Å²) in [4.78, 5) is 7.10. The molecule has 0 fully saturated rings. The van der Waals surface area contributed by atoms with Gasteiger partial charge in [0.15, 0.2) is 11.4 Å². The Kier molecular flexibility index (Phi) is 3.66. The van der Waals surface area contributed by atoms with Crippen LogP contribution >= 0.6 is 15.9 Å². The summed E-state index contributed by atoms with van der Waals surface area (Å²) in [7, 11) is 0. The van der Waals surface area contributed by atoms with Crippen molar-refractivity contribution in [1.82, 2.24) is 9.97 Å². The smallest absolute Gasteiger partial charge is 0.275 e. The quantitative estimate of drug-likeness (QED) is 0.911. The molecule has 1 unspecified atom stereocenters. The second-order valence-electron chi connectivity index (χ2n) is 2.78. The monoisotopic (exact) mass is 277 g/mol. The molecular formula is C8H6BrF2N3O. The summed E-state index contributed by atoms with van der Waals surface area (Å²) in [5, 5.41) is 17.9. The van der Waals surface area contributed by atoms with E-state index in [0.717, 1.165) is 0 Å². The van der Waals surface area contributed by atoms with Crippen molar-refractivity contribution < 1.29 is 13.9 Å². The van der Waals surface area contributed by atoms with Crippen LogP contribution in [0.25, 0.3) is 0 Å². The normalized spacial score (nSPS) is 14.7. The lowest BCUT2D eigenvalue weighted by Crippen LogP contribution is -2.35. The molecule has 1 aromatic rings. The third-order valence-electron chi connectivity index (χ3n) is 1.72. The van der Waals surface area contributed by atoms with E-state index in [4.69, 9.17) is 5.26 Å². The molecule has 80 valence electrons. The van der Waals surface area contributed by atoms with Crippen molar-refractivity contribution >= 4 is 15.9 Å². The highest BCUT2D eigenvalue weighted by Crippen LogP contribution is 2.29. The minimum atomic E-state index is -3.11. The number of hydrogen-bond acceptors (Lipinski definition) is 4. The number of hydrogen-bond donors (Lipinski definition) is 1. The molecule has 0 aromatic carbocycles. The van der Waals surface area contributed by atoms with Crippen LogP contribution in [0.1, 0.15) is 12.2 Å². The van der Waals surface area contributed by atoms with E-state index in [1.54, 1.807) is 0 Å². The van der Waals surface area contributed by atoms with Crippen molar-refractivity contribution in [2.24, 2.45) is 0 Å². The Balaban J connectivity index is 3.10. The van der Waals surface area contributed by atoms with Crippen LogP contribution in [-0.2, 0) is 5.60 Å². The maximum atomic E-state index is 12.6.